The van der Waals surface area contributed by atoms with E-state index in [0.29, 0.717) is 0 Å². The molecule has 0 spiro atoms. The summed E-state index contributed by atoms with van der Waals surface area (Å²) in [6, 6.07) is 5.80. The van der Waals surface area contributed by atoms with Crippen molar-refractivity contribution in [2.24, 2.45) is 5.73 Å². The Bertz CT molecular complexity index is 312. The molecule has 0 radical (unpaired) electrons. The number of rotatable bonds is 1. The quantitative estimate of drug-likeness (QED) is 0.706. The number of nitrogens with two attached hydrogens (primary N) is 1. The molecule has 1 aliphatic rings. The van der Waals surface area contributed by atoms with Crippen molar-refractivity contribution in [1.82, 2.24) is 0 Å². The molecular weight excluding hydrogens is 166 g/mol. The average molecular weight is 179 g/mol. The summed E-state index contributed by atoms with van der Waals surface area (Å²) in [4.78, 5) is 0. The number of aryl methyl sites for hydroxylation is 1. The smallest absolute Gasteiger partial charge is 0.148 e. The molecule has 70 valence electrons. The monoisotopic (exact) mass is 179 g/mol. The van der Waals surface area contributed by atoms with Crippen LogP contribution in [0.3, 0.4) is 0 Å². The van der Waals surface area contributed by atoms with Crippen LogP contribution in [-0.2, 0) is 6.42 Å². The zero-order valence-electron chi connectivity index (χ0n) is 7.62. The van der Waals surface area contributed by atoms with Gasteiger partial charge in [0.05, 0.1) is 7.11 Å². The summed E-state index contributed by atoms with van der Waals surface area (Å²) in [6.07, 6.45) is 1.69. The van der Waals surface area contributed by atoms with Crippen LogP contribution < -0.4 is 15.2 Å². The van der Waals surface area contributed by atoms with Crippen LogP contribution in [0, 0.1) is 0 Å². The Morgan fingerprint density at radius 2 is 2.38 bits per heavy atom. The lowest BCUT2D eigenvalue weighted by atomic mass is 10.1. The second-order valence-electron chi connectivity index (χ2n) is 3.17. The molecule has 0 aromatic heterocycles. The van der Waals surface area contributed by atoms with Gasteiger partial charge in [0.15, 0.2) is 0 Å². The highest BCUT2D eigenvalue weighted by atomic mass is 16.5. The second-order valence-corrected chi connectivity index (χ2v) is 3.17. The molecule has 0 saturated carbocycles. The maximum absolute atomic E-state index is 5.67. The van der Waals surface area contributed by atoms with E-state index >= 15 is 0 Å². The van der Waals surface area contributed by atoms with E-state index in [1.165, 1.54) is 5.56 Å². The van der Waals surface area contributed by atoms with E-state index in [9.17, 15) is 0 Å². The first-order chi connectivity index (χ1) is 6.29. The van der Waals surface area contributed by atoms with Gasteiger partial charge in [0.25, 0.3) is 0 Å². The molecule has 0 bridgehead atoms. The van der Waals surface area contributed by atoms with Gasteiger partial charge < -0.3 is 9.47 Å². The average Bonchev–Trinajstić information content (AvgIpc) is 2.17. The second kappa shape index (κ2) is 3.26. The van der Waals surface area contributed by atoms with Gasteiger partial charge >= 0.3 is 0 Å². The van der Waals surface area contributed by atoms with Crippen molar-refractivity contribution in [3.05, 3.63) is 23.8 Å². The van der Waals surface area contributed by atoms with Crippen LogP contribution in [-0.4, -0.2) is 13.3 Å². The number of ether oxygens (including phenoxy) is 2. The van der Waals surface area contributed by atoms with Gasteiger partial charge in [-0.25, -0.2) is 0 Å². The predicted octanol–water partition coefficient (Wildman–Crippen LogP) is 1.30. The Hall–Kier alpha value is -1.22. The van der Waals surface area contributed by atoms with Crippen molar-refractivity contribution < 1.29 is 9.47 Å². The van der Waals surface area contributed by atoms with Crippen molar-refractivity contribution >= 4 is 0 Å². The van der Waals surface area contributed by atoms with E-state index in [0.717, 1.165) is 24.3 Å². The Labute approximate surface area is 77.5 Å². The summed E-state index contributed by atoms with van der Waals surface area (Å²) in [5, 5.41) is 0. The standard InChI is InChI=1S/C10H13NO2/c1-12-8-3-4-9-7(6-8)2-5-10(11)13-9/h3-4,6,10H,2,5,11H2,1H3. The first kappa shape index (κ1) is 8.38. The van der Waals surface area contributed by atoms with Crippen LogP contribution in [0.4, 0.5) is 0 Å². The third-order valence-electron chi connectivity index (χ3n) is 2.24. The van der Waals surface area contributed by atoms with Crippen molar-refractivity contribution in [3.8, 4) is 11.5 Å². The molecule has 13 heavy (non-hydrogen) atoms. The molecule has 3 heteroatoms. The van der Waals surface area contributed by atoms with Crippen molar-refractivity contribution in [2.75, 3.05) is 7.11 Å². The number of methoxy groups -OCH3 is 1. The molecular formula is C10H13NO2. The Kier molecular flexibility index (Phi) is 2.10. The van der Waals surface area contributed by atoms with Gasteiger partial charge in [-0.15, -0.1) is 0 Å². The van der Waals surface area contributed by atoms with Gasteiger partial charge in [-0.2, -0.15) is 0 Å². The van der Waals surface area contributed by atoms with Gasteiger partial charge in [0.2, 0.25) is 0 Å². The molecule has 0 amide bonds. The van der Waals surface area contributed by atoms with Crippen molar-refractivity contribution in [3.63, 3.8) is 0 Å². The lowest BCUT2D eigenvalue weighted by Gasteiger charge is -2.23. The van der Waals surface area contributed by atoms with E-state index in [4.69, 9.17) is 15.2 Å². The van der Waals surface area contributed by atoms with E-state index in [2.05, 4.69) is 0 Å². The summed E-state index contributed by atoms with van der Waals surface area (Å²) >= 11 is 0. The number of fused-ring (bicyclic) bond motifs is 1. The zero-order chi connectivity index (χ0) is 9.26. The molecule has 1 atom stereocenters. The molecule has 1 aromatic carbocycles. The highest BCUT2D eigenvalue weighted by Crippen LogP contribution is 2.29. The van der Waals surface area contributed by atoms with E-state index in [-0.39, 0.29) is 6.23 Å². The first-order valence-electron chi connectivity index (χ1n) is 4.39. The molecule has 1 aliphatic heterocycles. The third kappa shape index (κ3) is 1.60. The molecule has 2 rings (SSSR count). The zero-order valence-corrected chi connectivity index (χ0v) is 7.62. The minimum Gasteiger partial charge on any atom is -0.497 e. The number of hydrogen-bond acceptors (Lipinski definition) is 3. The molecule has 0 aliphatic carbocycles. The van der Waals surface area contributed by atoms with Crippen LogP contribution in [0.1, 0.15) is 12.0 Å². The minimum absolute atomic E-state index is 0.152. The Morgan fingerprint density at radius 1 is 1.54 bits per heavy atom. The highest BCUT2D eigenvalue weighted by Gasteiger charge is 2.16. The van der Waals surface area contributed by atoms with Crippen molar-refractivity contribution in [1.29, 1.82) is 0 Å². The van der Waals surface area contributed by atoms with E-state index < -0.39 is 0 Å². The van der Waals surface area contributed by atoms with Gasteiger partial charge in [-0.05, 0) is 30.2 Å². The lowest BCUT2D eigenvalue weighted by molar-refractivity contribution is 0.180. The summed E-state index contributed by atoms with van der Waals surface area (Å²) in [5.74, 6) is 1.76. The fraction of sp³-hybridized carbons (Fsp3) is 0.400. The fourth-order valence-corrected chi connectivity index (χ4v) is 1.51. The third-order valence-corrected chi connectivity index (χ3v) is 2.24. The number of hydrogen-bond donors (Lipinski definition) is 1. The summed E-state index contributed by atoms with van der Waals surface area (Å²) in [7, 11) is 1.66. The maximum Gasteiger partial charge on any atom is 0.148 e. The van der Waals surface area contributed by atoms with Crippen LogP contribution >= 0.6 is 0 Å². The topological polar surface area (TPSA) is 44.5 Å². The van der Waals surface area contributed by atoms with Crippen LogP contribution in [0.5, 0.6) is 11.5 Å². The molecule has 1 aromatic rings. The van der Waals surface area contributed by atoms with Crippen LogP contribution in [0.15, 0.2) is 18.2 Å². The SMILES string of the molecule is COc1ccc2c(c1)CCC(N)O2. The minimum atomic E-state index is -0.152. The van der Waals surface area contributed by atoms with Crippen molar-refractivity contribution in [2.45, 2.75) is 19.1 Å². The molecule has 0 fully saturated rings. The normalized spacial score (nSPS) is 20.3. The van der Waals surface area contributed by atoms with Crippen LogP contribution in [0.25, 0.3) is 0 Å². The van der Waals surface area contributed by atoms with Gasteiger partial charge in [0, 0.05) is 6.42 Å². The number of benzene rings is 1. The highest BCUT2D eigenvalue weighted by molar-refractivity contribution is 5.41. The first-order valence-corrected chi connectivity index (χ1v) is 4.39. The van der Waals surface area contributed by atoms with E-state index in [1.54, 1.807) is 7.11 Å². The summed E-state index contributed by atoms with van der Waals surface area (Å²) in [5.41, 5.74) is 6.85. The van der Waals surface area contributed by atoms with E-state index in [1.807, 2.05) is 18.2 Å². The van der Waals surface area contributed by atoms with Gasteiger partial charge in [-0.1, -0.05) is 0 Å². The Morgan fingerprint density at radius 3 is 3.15 bits per heavy atom. The molecule has 1 heterocycles. The molecule has 1 unspecified atom stereocenters. The molecule has 2 N–H and O–H groups in total. The molecule has 3 nitrogen and oxygen atoms in total. The fourth-order valence-electron chi connectivity index (χ4n) is 1.51. The van der Waals surface area contributed by atoms with Crippen LogP contribution in [0.2, 0.25) is 0 Å². The largest absolute Gasteiger partial charge is 0.497 e. The summed E-state index contributed by atoms with van der Waals surface area (Å²) < 4.78 is 10.6. The van der Waals surface area contributed by atoms with Gasteiger partial charge in [0.1, 0.15) is 17.7 Å². The predicted molar refractivity (Wildman–Crippen MR) is 49.9 cm³/mol. The molecule has 0 saturated heterocycles. The summed E-state index contributed by atoms with van der Waals surface area (Å²) in [6.45, 7) is 0. The van der Waals surface area contributed by atoms with Gasteiger partial charge in [-0.3, -0.25) is 5.73 Å². The lowest BCUT2D eigenvalue weighted by Crippen LogP contribution is -2.31. The maximum atomic E-state index is 5.67. The Balaban J connectivity index is 2.31.